The summed E-state index contributed by atoms with van der Waals surface area (Å²) >= 11 is 0. The molecule has 3 heterocycles. The Morgan fingerprint density at radius 2 is 1.48 bits per heavy atom. The average Bonchev–Trinajstić information content (AvgIpc) is 3.15. The molecule has 0 spiro atoms. The molecule has 3 aliphatic rings. The number of amides is 2. The lowest BCUT2D eigenvalue weighted by Gasteiger charge is -2.38. The van der Waals surface area contributed by atoms with E-state index in [4.69, 9.17) is 0 Å². The Morgan fingerprint density at radius 1 is 0.826 bits per heavy atom. The van der Waals surface area contributed by atoms with E-state index in [0.29, 0.717) is 18.0 Å². The molecule has 3 aliphatic heterocycles. The van der Waals surface area contributed by atoms with Gasteiger partial charge in [-0.25, -0.2) is 0 Å². The molecule has 0 bridgehead atoms. The summed E-state index contributed by atoms with van der Waals surface area (Å²) in [7, 11) is 0. The van der Waals surface area contributed by atoms with Crippen LogP contribution in [0.4, 0.5) is 0 Å². The molecule has 130 valence electrons. The first-order chi connectivity index (χ1) is 11.1. The highest BCUT2D eigenvalue weighted by Gasteiger charge is 2.39. The van der Waals surface area contributed by atoms with Gasteiger partial charge in [0.1, 0.15) is 0 Å². The highest BCUT2D eigenvalue weighted by molar-refractivity contribution is 5.74. The fourth-order valence-electron chi connectivity index (χ4n) is 4.86. The zero-order valence-corrected chi connectivity index (χ0v) is 14.7. The molecule has 0 aliphatic carbocycles. The number of likely N-dealkylation sites (tertiary alicyclic amines) is 3. The summed E-state index contributed by atoms with van der Waals surface area (Å²) in [6.07, 6.45) is 7.09. The summed E-state index contributed by atoms with van der Waals surface area (Å²) in [5.74, 6) is 1.16. The fraction of sp³-hybridized carbons (Fsp3) is 0.889. The van der Waals surface area contributed by atoms with Crippen molar-refractivity contribution in [2.75, 3.05) is 32.7 Å². The van der Waals surface area contributed by atoms with Crippen LogP contribution >= 0.6 is 0 Å². The Labute approximate surface area is 140 Å². The summed E-state index contributed by atoms with van der Waals surface area (Å²) in [6.45, 7) is 8.51. The van der Waals surface area contributed by atoms with Crippen LogP contribution < -0.4 is 0 Å². The van der Waals surface area contributed by atoms with Crippen molar-refractivity contribution in [2.45, 2.75) is 64.5 Å². The zero-order chi connectivity index (χ0) is 16.4. The van der Waals surface area contributed by atoms with E-state index in [2.05, 4.69) is 9.80 Å². The van der Waals surface area contributed by atoms with Crippen LogP contribution in [0, 0.1) is 5.92 Å². The summed E-state index contributed by atoms with van der Waals surface area (Å²) in [6, 6.07) is 1.000. The van der Waals surface area contributed by atoms with Gasteiger partial charge in [0.05, 0.1) is 0 Å². The van der Waals surface area contributed by atoms with Crippen molar-refractivity contribution in [2.24, 2.45) is 5.92 Å². The predicted molar refractivity (Wildman–Crippen MR) is 90.0 cm³/mol. The molecule has 3 saturated heterocycles. The third-order valence-corrected chi connectivity index (χ3v) is 6.11. The van der Waals surface area contributed by atoms with Crippen molar-refractivity contribution in [3.05, 3.63) is 0 Å². The average molecular weight is 321 g/mol. The van der Waals surface area contributed by atoms with Crippen LogP contribution in [-0.2, 0) is 9.59 Å². The van der Waals surface area contributed by atoms with E-state index in [1.807, 2.05) is 4.90 Å². The number of hydrogen-bond donors (Lipinski definition) is 0. The smallest absolute Gasteiger partial charge is 0.219 e. The van der Waals surface area contributed by atoms with Crippen LogP contribution in [0.2, 0.25) is 0 Å². The maximum Gasteiger partial charge on any atom is 0.219 e. The summed E-state index contributed by atoms with van der Waals surface area (Å²) < 4.78 is 0. The molecule has 5 nitrogen and oxygen atoms in total. The number of nitrogens with zero attached hydrogens (tertiary/aromatic N) is 3. The first-order valence-corrected chi connectivity index (χ1v) is 9.33. The van der Waals surface area contributed by atoms with Crippen LogP contribution in [0.3, 0.4) is 0 Å². The van der Waals surface area contributed by atoms with E-state index in [-0.39, 0.29) is 11.8 Å². The third-order valence-electron chi connectivity index (χ3n) is 6.11. The minimum Gasteiger partial charge on any atom is -0.343 e. The van der Waals surface area contributed by atoms with Crippen molar-refractivity contribution in [1.29, 1.82) is 0 Å². The fourth-order valence-corrected chi connectivity index (χ4v) is 4.86. The van der Waals surface area contributed by atoms with Gasteiger partial charge in [0.25, 0.3) is 0 Å². The lowest BCUT2D eigenvalue weighted by molar-refractivity contribution is -0.130. The van der Waals surface area contributed by atoms with Crippen molar-refractivity contribution in [1.82, 2.24) is 14.7 Å². The minimum atomic E-state index is 0.213. The van der Waals surface area contributed by atoms with Crippen molar-refractivity contribution in [3.8, 4) is 0 Å². The van der Waals surface area contributed by atoms with Crippen molar-refractivity contribution in [3.63, 3.8) is 0 Å². The number of carbonyl (C=O) groups excluding carboxylic acids is 2. The van der Waals surface area contributed by atoms with Crippen LogP contribution in [0.5, 0.6) is 0 Å². The molecule has 5 heteroatoms. The molecule has 0 N–H and O–H groups in total. The molecule has 0 aromatic carbocycles. The van der Waals surface area contributed by atoms with Gasteiger partial charge in [-0.15, -0.1) is 0 Å². The summed E-state index contributed by atoms with van der Waals surface area (Å²) in [5, 5.41) is 0. The lowest BCUT2D eigenvalue weighted by Crippen LogP contribution is -2.49. The van der Waals surface area contributed by atoms with E-state index in [1.54, 1.807) is 13.8 Å². The largest absolute Gasteiger partial charge is 0.343 e. The lowest BCUT2D eigenvalue weighted by atomic mass is 9.95. The van der Waals surface area contributed by atoms with Crippen LogP contribution in [0.25, 0.3) is 0 Å². The molecule has 23 heavy (non-hydrogen) atoms. The quantitative estimate of drug-likeness (QED) is 0.795. The van der Waals surface area contributed by atoms with Gasteiger partial charge in [-0.1, -0.05) is 0 Å². The SMILES string of the molecule is CC(=O)N1CCC(CN2CCC[C@@H]2[C@H]2CCCN2C(C)=O)CC1. The first kappa shape index (κ1) is 16.7. The number of hydrogen-bond acceptors (Lipinski definition) is 3. The highest BCUT2D eigenvalue weighted by atomic mass is 16.2. The van der Waals surface area contributed by atoms with Gasteiger partial charge < -0.3 is 9.80 Å². The molecular weight excluding hydrogens is 290 g/mol. The van der Waals surface area contributed by atoms with Gasteiger partial charge in [-0.05, 0) is 51.0 Å². The molecule has 0 unspecified atom stereocenters. The van der Waals surface area contributed by atoms with Crippen molar-refractivity contribution < 1.29 is 9.59 Å². The zero-order valence-electron chi connectivity index (χ0n) is 14.7. The third kappa shape index (κ3) is 3.70. The Balaban J connectivity index is 1.55. The van der Waals surface area contributed by atoms with Crippen molar-refractivity contribution >= 4 is 11.8 Å². The molecular formula is C18H31N3O2. The predicted octanol–water partition coefficient (Wildman–Crippen LogP) is 1.72. The standard InChI is InChI=1S/C18H31N3O2/c1-14(22)19-11-7-16(8-12-19)13-20-9-3-5-17(20)18-6-4-10-21(18)15(2)23/h16-18H,3-13H2,1-2H3/t17-,18-/m1/s1. The maximum absolute atomic E-state index is 11.9. The molecule has 0 radical (unpaired) electrons. The van der Waals surface area contributed by atoms with Gasteiger partial charge in [-0.2, -0.15) is 0 Å². The molecule has 0 saturated carbocycles. The number of rotatable bonds is 3. The second-order valence-electron chi connectivity index (χ2n) is 7.58. The van der Waals surface area contributed by atoms with E-state index in [0.717, 1.165) is 45.4 Å². The Morgan fingerprint density at radius 3 is 2.13 bits per heavy atom. The van der Waals surface area contributed by atoms with E-state index < -0.39 is 0 Å². The molecule has 2 amide bonds. The second kappa shape index (κ2) is 7.20. The summed E-state index contributed by atoms with van der Waals surface area (Å²) in [5.41, 5.74) is 0. The topological polar surface area (TPSA) is 43.9 Å². The van der Waals surface area contributed by atoms with E-state index >= 15 is 0 Å². The Hall–Kier alpha value is -1.10. The monoisotopic (exact) mass is 321 g/mol. The normalized spacial score (nSPS) is 30.2. The molecule has 3 fully saturated rings. The molecule has 0 aromatic heterocycles. The molecule has 3 rings (SSSR count). The number of piperidine rings is 1. The maximum atomic E-state index is 11.9. The Bertz CT molecular complexity index is 446. The Kier molecular flexibility index (Phi) is 5.24. The van der Waals surface area contributed by atoms with Gasteiger partial charge >= 0.3 is 0 Å². The van der Waals surface area contributed by atoms with Gasteiger partial charge in [0, 0.05) is 52.1 Å². The second-order valence-corrected chi connectivity index (χ2v) is 7.58. The van der Waals surface area contributed by atoms with Crippen LogP contribution in [0.1, 0.15) is 52.4 Å². The molecule has 2 atom stereocenters. The highest BCUT2D eigenvalue weighted by Crippen LogP contribution is 2.31. The summed E-state index contributed by atoms with van der Waals surface area (Å²) in [4.78, 5) is 30.1. The number of carbonyl (C=O) groups is 2. The molecule has 0 aromatic rings. The first-order valence-electron chi connectivity index (χ1n) is 9.33. The van der Waals surface area contributed by atoms with Crippen LogP contribution in [0.15, 0.2) is 0 Å². The van der Waals surface area contributed by atoms with Gasteiger partial charge in [0.2, 0.25) is 11.8 Å². The van der Waals surface area contributed by atoms with E-state index in [9.17, 15) is 9.59 Å². The van der Waals surface area contributed by atoms with E-state index in [1.165, 1.54) is 25.8 Å². The van der Waals surface area contributed by atoms with Gasteiger partial charge in [-0.3, -0.25) is 14.5 Å². The minimum absolute atomic E-state index is 0.213. The van der Waals surface area contributed by atoms with Crippen LogP contribution in [-0.4, -0.2) is 71.3 Å². The van der Waals surface area contributed by atoms with Gasteiger partial charge in [0.15, 0.2) is 0 Å².